The standard InChI is InChI=1S/C26H25ClN4O6/c1-3-36-22-11-7-19(8-12-22)29-24(32)16-37-23-13-4-18(27)14-17(23)15-28-31-26(34)25(33)30-20-5-9-21(35-2)10-6-20/h4-15H,3,16H2,1-2H3,(H,29,32)(H,30,33)(H,31,34)/b28-15-. The van der Waals surface area contributed by atoms with Crippen molar-refractivity contribution < 1.29 is 28.6 Å². The largest absolute Gasteiger partial charge is 0.497 e. The minimum absolute atomic E-state index is 0.285. The molecule has 0 radical (unpaired) electrons. The quantitative estimate of drug-likeness (QED) is 0.210. The van der Waals surface area contributed by atoms with E-state index in [1.54, 1.807) is 60.7 Å². The molecule has 0 saturated heterocycles. The van der Waals surface area contributed by atoms with Crippen LogP contribution in [0.2, 0.25) is 5.02 Å². The van der Waals surface area contributed by atoms with Crippen molar-refractivity contribution in [1.29, 1.82) is 0 Å². The molecule has 0 bridgehead atoms. The molecule has 0 atom stereocenters. The van der Waals surface area contributed by atoms with Gasteiger partial charge in [0.1, 0.15) is 17.2 Å². The van der Waals surface area contributed by atoms with Crippen molar-refractivity contribution in [1.82, 2.24) is 5.43 Å². The van der Waals surface area contributed by atoms with E-state index in [1.165, 1.54) is 19.4 Å². The minimum atomic E-state index is -0.980. The summed E-state index contributed by atoms with van der Waals surface area (Å²) in [4.78, 5) is 36.5. The van der Waals surface area contributed by atoms with Gasteiger partial charge in [-0.15, -0.1) is 0 Å². The van der Waals surface area contributed by atoms with E-state index < -0.39 is 11.8 Å². The van der Waals surface area contributed by atoms with Gasteiger partial charge >= 0.3 is 11.8 Å². The highest BCUT2D eigenvalue weighted by Crippen LogP contribution is 2.22. The molecule has 0 aliphatic heterocycles. The normalized spacial score (nSPS) is 10.5. The van der Waals surface area contributed by atoms with Gasteiger partial charge in [0, 0.05) is 22.0 Å². The smallest absolute Gasteiger partial charge is 0.329 e. The number of carbonyl (C=O) groups is 3. The van der Waals surface area contributed by atoms with Gasteiger partial charge in [-0.25, -0.2) is 5.43 Å². The summed E-state index contributed by atoms with van der Waals surface area (Å²) in [6, 6.07) is 18.1. The number of nitrogens with one attached hydrogen (secondary N) is 3. The van der Waals surface area contributed by atoms with Crippen LogP contribution in [0.3, 0.4) is 0 Å². The number of amides is 3. The Morgan fingerprint density at radius 3 is 2.16 bits per heavy atom. The zero-order valence-electron chi connectivity index (χ0n) is 20.1. The second-order valence-electron chi connectivity index (χ2n) is 7.36. The first-order valence-electron chi connectivity index (χ1n) is 11.1. The van der Waals surface area contributed by atoms with Gasteiger partial charge in [0.2, 0.25) is 0 Å². The number of ether oxygens (including phenoxy) is 3. The second-order valence-corrected chi connectivity index (χ2v) is 7.79. The average molecular weight is 525 g/mol. The van der Waals surface area contributed by atoms with Crippen molar-refractivity contribution in [3.8, 4) is 17.2 Å². The molecule has 10 nitrogen and oxygen atoms in total. The Morgan fingerprint density at radius 1 is 0.865 bits per heavy atom. The third-order valence-corrected chi connectivity index (χ3v) is 4.94. The first-order chi connectivity index (χ1) is 17.9. The number of benzene rings is 3. The van der Waals surface area contributed by atoms with E-state index in [0.717, 1.165) is 0 Å². The summed E-state index contributed by atoms with van der Waals surface area (Å²) in [5.41, 5.74) is 3.53. The van der Waals surface area contributed by atoms with Crippen LogP contribution in [0.4, 0.5) is 11.4 Å². The van der Waals surface area contributed by atoms with Crippen LogP contribution >= 0.6 is 11.6 Å². The first kappa shape index (κ1) is 27.0. The van der Waals surface area contributed by atoms with Crippen molar-refractivity contribution >= 4 is 46.9 Å². The van der Waals surface area contributed by atoms with Crippen molar-refractivity contribution in [2.75, 3.05) is 31.0 Å². The lowest BCUT2D eigenvalue weighted by Gasteiger charge is -2.10. The van der Waals surface area contributed by atoms with Crippen molar-refractivity contribution in [2.24, 2.45) is 5.10 Å². The zero-order valence-corrected chi connectivity index (χ0v) is 20.9. The third-order valence-electron chi connectivity index (χ3n) is 4.70. The number of hydrogen-bond donors (Lipinski definition) is 3. The molecule has 0 unspecified atom stereocenters. The molecule has 0 spiro atoms. The Kier molecular flexibility index (Phi) is 9.86. The molecule has 0 fully saturated rings. The number of nitrogens with zero attached hydrogens (tertiary/aromatic N) is 1. The Hall–Kier alpha value is -4.57. The summed E-state index contributed by atoms with van der Waals surface area (Å²) < 4.78 is 16.0. The maximum Gasteiger partial charge on any atom is 0.329 e. The summed E-state index contributed by atoms with van der Waals surface area (Å²) in [6.45, 7) is 2.15. The molecule has 3 amide bonds. The predicted molar refractivity (Wildman–Crippen MR) is 141 cm³/mol. The number of hydrazone groups is 1. The van der Waals surface area contributed by atoms with Gasteiger partial charge < -0.3 is 24.8 Å². The van der Waals surface area contributed by atoms with Crippen LogP contribution in [-0.4, -0.2) is 44.3 Å². The summed E-state index contributed by atoms with van der Waals surface area (Å²) in [5, 5.41) is 9.35. The van der Waals surface area contributed by atoms with Gasteiger partial charge in [-0.2, -0.15) is 5.10 Å². The predicted octanol–water partition coefficient (Wildman–Crippen LogP) is 3.85. The molecule has 0 aliphatic carbocycles. The van der Waals surface area contributed by atoms with Crippen LogP contribution in [0.5, 0.6) is 17.2 Å². The monoisotopic (exact) mass is 524 g/mol. The highest BCUT2D eigenvalue weighted by Gasteiger charge is 2.13. The number of halogens is 1. The molecule has 0 saturated carbocycles. The van der Waals surface area contributed by atoms with Crippen LogP contribution < -0.4 is 30.3 Å². The molecule has 0 aliphatic rings. The van der Waals surface area contributed by atoms with Gasteiger partial charge in [0.05, 0.1) is 19.9 Å². The lowest BCUT2D eigenvalue weighted by molar-refractivity contribution is -0.136. The van der Waals surface area contributed by atoms with Gasteiger partial charge in [0.25, 0.3) is 5.91 Å². The van der Waals surface area contributed by atoms with Crippen molar-refractivity contribution in [2.45, 2.75) is 6.92 Å². The molecule has 3 rings (SSSR count). The lowest BCUT2D eigenvalue weighted by atomic mass is 10.2. The van der Waals surface area contributed by atoms with Crippen LogP contribution in [0.25, 0.3) is 0 Å². The van der Waals surface area contributed by atoms with E-state index in [2.05, 4.69) is 21.2 Å². The minimum Gasteiger partial charge on any atom is -0.497 e. The highest BCUT2D eigenvalue weighted by atomic mass is 35.5. The van der Waals surface area contributed by atoms with Crippen molar-refractivity contribution in [3.63, 3.8) is 0 Å². The Balaban J connectivity index is 1.54. The number of methoxy groups -OCH3 is 1. The van der Waals surface area contributed by atoms with Crippen LogP contribution in [0, 0.1) is 0 Å². The first-order valence-corrected chi connectivity index (χ1v) is 11.5. The maximum atomic E-state index is 12.3. The molecular weight excluding hydrogens is 500 g/mol. The Morgan fingerprint density at radius 2 is 1.51 bits per heavy atom. The fourth-order valence-corrected chi connectivity index (χ4v) is 3.15. The van der Waals surface area contributed by atoms with Gasteiger partial charge in [0.15, 0.2) is 6.61 Å². The number of carbonyl (C=O) groups excluding carboxylic acids is 3. The van der Waals surface area contributed by atoms with Gasteiger partial charge in [-0.3, -0.25) is 14.4 Å². The number of rotatable bonds is 10. The SMILES string of the molecule is CCOc1ccc(NC(=O)COc2ccc(Cl)cc2/C=N\NC(=O)C(=O)Nc2ccc(OC)cc2)cc1. The van der Waals surface area contributed by atoms with Gasteiger partial charge in [-0.1, -0.05) is 11.6 Å². The van der Waals surface area contributed by atoms with Gasteiger partial charge in [-0.05, 0) is 73.7 Å². The Bertz CT molecular complexity index is 1260. The summed E-state index contributed by atoms with van der Waals surface area (Å²) >= 11 is 6.06. The second kappa shape index (κ2) is 13.5. The highest BCUT2D eigenvalue weighted by molar-refractivity contribution is 6.39. The Labute approximate surface area is 218 Å². The summed E-state index contributed by atoms with van der Waals surface area (Å²) in [5.74, 6) is -0.660. The topological polar surface area (TPSA) is 127 Å². The summed E-state index contributed by atoms with van der Waals surface area (Å²) in [6.07, 6.45) is 1.25. The third kappa shape index (κ3) is 8.55. The maximum absolute atomic E-state index is 12.3. The molecule has 3 aromatic carbocycles. The van der Waals surface area contributed by atoms with E-state index in [9.17, 15) is 14.4 Å². The summed E-state index contributed by atoms with van der Waals surface area (Å²) in [7, 11) is 1.52. The molecule has 11 heteroatoms. The molecule has 0 aromatic heterocycles. The zero-order chi connectivity index (χ0) is 26.6. The molecule has 0 heterocycles. The molecule has 3 N–H and O–H groups in total. The van der Waals surface area contributed by atoms with E-state index in [4.69, 9.17) is 25.8 Å². The van der Waals surface area contributed by atoms with E-state index in [-0.39, 0.29) is 12.5 Å². The fourth-order valence-electron chi connectivity index (χ4n) is 2.97. The molecule has 37 heavy (non-hydrogen) atoms. The van der Waals surface area contributed by atoms with Crippen LogP contribution in [0.1, 0.15) is 12.5 Å². The molecule has 192 valence electrons. The average Bonchev–Trinajstić information content (AvgIpc) is 2.90. The van der Waals surface area contributed by atoms with E-state index in [0.29, 0.717) is 45.8 Å². The van der Waals surface area contributed by atoms with Crippen LogP contribution in [0.15, 0.2) is 71.8 Å². The lowest BCUT2D eigenvalue weighted by Crippen LogP contribution is -2.32. The van der Waals surface area contributed by atoms with E-state index >= 15 is 0 Å². The number of hydrogen-bond acceptors (Lipinski definition) is 7. The van der Waals surface area contributed by atoms with Crippen LogP contribution in [-0.2, 0) is 14.4 Å². The van der Waals surface area contributed by atoms with Crippen molar-refractivity contribution in [3.05, 3.63) is 77.3 Å². The fraction of sp³-hybridized carbons (Fsp3) is 0.154. The molecular formula is C26H25ClN4O6. The number of anilines is 2. The molecule has 3 aromatic rings. The van der Waals surface area contributed by atoms with E-state index in [1.807, 2.05) is 6.92 Å².